The minimum absolute atomic E-state index is 0.0601. The Morgan fingerprint density at radius 1 is 1.13 bits per heavy atom. The Balaban J connectivity index is 0.00000127. The van der Waals surface area contributed by atoms with Crippen LogP contribution in [0.25, 0.3) is 11.1 Å². The molecule has 0 saturated heterocycles. The van der Waals surface area contributed by atoms with Gasteiger partial charge in [0, 0.05) is 25.4 Å². The van der Waals surface area contributed by atoms with E-state index in [9.17, 15) is 9.18 Å². The molecule has 0 saturated carbocycles. The molecule has 126 valence electrons. The maximum absolute atomic E-state index is 13.2. The van der Waals surface area contributed by atoms with Crippen LogP contribution in [0.1, 0.15) is 39.4 Å². The lowest BCUT2D eigenvalue weighted by Gasteiger charge is -2.08. The smallest absolute Gasteiger partial charge is 0.251 e. The molecule has 1 aromatic carbocycles. The van der Waals surface area contributed by atoms with Gasteiger partial charge < -0.3 is 9.30 Å². The molecule has 2 aromatic rings. The van der Waals surface area contributed by atoms with Gasteiger partial charge in [0.2, 0.25) is 0 Å². The molecule has 1 unspecified atom stereocenters. The average Bonchev–Trinajstić information content (AvgIpc) is 2.58. The van der Waals surface area contributed by atoms with Crippen molar-refractivity contribution in [2.24, 2.45) is 0 Å². The van der Waals surface area contributed by atoms with Gasteiger partial charge in [0.25, 0.3) is 5.56 Å². The van der Waals surface area contributed by atoms with Gasteiger partial charge in [-0.05, 0) is 36.6 Å². The van der Waals surface area contributed by atoms with Gasteiger partial charge in [-0.1, -0.05) is 38.1 Å². The Kier molecular flexibility index (Phi) is 8.27. The van der Waals surface area contributed by atoms with Gasteiger partial charge in [-0.3, -0.25) is 4.79 Å². The van der Waals surface area contributed by atoms with Crippen molar-refractivity contribution in [3.8, 4) is 11.1 Å². The van der Waals surface area contributed by atoms with E-state index in [4.69, 9.17) is 4.74 Å². The zero-order valence-electron chi connectivity index (χ0n) is 14.4. The van der Waals surface area contributed by atoms with Crippen molar-refractivity contribution in [3.63, 3.8) is 0 Å². The van der Waals surface area contributed by atoms with E-state index < -0.39 is 6.17 Å². The summed E-state index contributed by atoms with van der Waals surface area (Å²) >= 11 is 0. The highest BCUT2D eigenvalue weighted by Crippen LogP contribution is 2.22. The third-order valence-electron chi connectivity index (χ3n) is 3.38. The largest absolute Gasteiger partial charge is 0.380 e. The van der Waals surface area contributed by atoms with Crippen LogP contribution in [0.3, 0.4) is 0 Å². The van der Waals surface area contributed by atoms with Crippen LogP contribution in [-0.4, -0.2) is 17.8 Å². The summed E-state index contributed by atoms with van der Waals surface area (Å²) in [5.41, 5.74) is 2.33. The highest BCUT2D eigenvalue weighted by molar-refractivity contribution is 5.63. The minimum atomic E-state index is -0.981. The summed E-state index contributed by atoms with van der Waals surface area (Å²) in [4.78, 5) is 12.0. The fourth-order valence-corrected chi connectivity index (χ4v) is 2.12. The summed E-state index contributed by atoms with van der Waals surface area (Å²) in [7, 11) is 0. The van der Waals surface area contributed by atoms with Crippen LogP contribution in [0.2, 0.25) is 0 Å². The fourth-order valence-electron chi connectivity index (χ4n) is 2.12. The molecule has 0 aliphatic rings. The first-order valence-electron chi connectivity index (χ1n) is 8.14. The van der Waals surface area contributed by atoms with E-state index in [0.29, 0.717) is 25.3 Å². The number of pyridine rings is 1. The van der Waals surface area contributed by atoms with Crippen LogP contribution in [0.5, 0.6) is 0 Å². The average molecular weight is 319 g/mol. The van der Waals surface area contributed by atoms with E-state index in [0.717, 1.165) is 11.1 Å². The molecule has 2 rings (SSSR count). The maximum atomic E-state index is 13.2. The number of hydrogen-bond acceptors (Lipinski definition) is 2. The molecule has 3 nitrogen and oxygen atoms in total. The third kappa shape index (κ3) is 5.64. The lowest BCUT2D eigenvalue weighted by molar-refractivity contribution is 0.138. The van der Waals surface area contributed by atoms with Gasteiger partial charge in [-0.15, -0.1) is 0 Å². The monoisotopic (exact) mass is 319 g/mol. The Labute approximate surface area is 137 Å². The van der Waals surface area contributed by atoms with Crippen molar-refractivity contribution >= 4 is 0 Å². The number of rotatable bonds is 6. The molecule has 0 fully saturated rings. The Morgan fingerprint density at radius 3 is 2.30 bits per heavy atom. The number of alkyl halides is 1. The Morgan fingerprint density at radius 2 is 1.78 bits per heavy atom. The fraction of sp³-hybridized carbons (Fsp3) is 0.421. The summed E-state index contributed by atoms with van der Waals surface area (Å²) in [6.45, 7) is 9.15. The van der Waals surface area contributed by atoms with Crippen molar-refractivity contribution < 1.29 is 9.13 Å². The number of ether oxygens (including phenoxy) is 1. The molecule has 4 heteroatoms. The van der Waals surface area contributed by atoms with Crippen LogP contribution in [0.15, 0.2) is 47.4 Å². The predicted molar refractivity (Wildman–Crippen MR) is 93.5 cm³/mol. The molecular weight excluding hydrogens is 293 g/mol. The van der Waals surface area contributed by atoms with Crippen molar-refractivity contribution in [2.75, 3.05) is 13.2 Å². The molecule has 0 spiro atoms. The van der Waals surface area contributed by atoms with Crippen molar-refractivity contribution in [1.82, 2.24) is 4.57 Å². The second-order valence-corrected chi connectivity index (χ2v) is 4.88. The van der Waals surface area contributed by atoms with Gasteiger partial charge in [0.05, 0.1) is 6.61 Å². The van der Waals surface area contributed by atoms with E-state index in [1.54, 1.807) is 29.0 Å². The predicted octanol–water partition coefficient (Wildman–Crippen LogP) is 4.61. The van der Waals surface area contributed by atoms with Crippen LogP contribution in [-0.2, 0) is 11.3 Å². The van der Waals surface area contributed by atoms with E-state index in [2.05, 4.69) is 0 Å². The highest BCUT2D eigenvalue weighted by Gasteiger charge is 2.05. The third-order valence-corrected chi connectivity index (χ3v) is 3.38. The van der Waals surface area contributed by atoms with Crippen molar-refractivity contribution in [3.05, 3.63) is 58.5 Å². The normalized spacial score (nSPS) is 11.5. The van der Waals surface area contributed by atoms with Crippen LogP contribution >= 0.6 is 0 Å². The quantitative estimate of drug-likeness (QED) is 0.728. The highest BCUT2D eigenvalue weighted by atomic mass is 19.1. The Hall–Kier alpha value is -1.94. The topological polar surface area (TPSA) is 31.2 Å². The van der Waals surface area contributed by atoms with Gasteiger partial charge >= 0.3 is 0 Å². The van der Waals surface area contributed by atoms with E-state index in [1.807, 2.05) is 39.0 Å². The number of hydrogen-bond donors (Lipinski definition) is 0. The number of aromatic nitrogens is 1. The zero-order valence-corrected chi connectivity index (χ0v) is 14.4. The molecule has 0 N–H and O–H groups in total. The number of halogens is 1. The summed E-state index contributed by atoms with van der Waals surface area (Å²) in [6.07, 6.45) is 0.785. The molecular formula is C19H26FNO2. The van der Waals surface area contributed by atoms with Crippen molar-refractivity contribution in [2.45, 2.75) is 40.4 Å². The van der Waals surface area contributed by atoms with E-state index >= 15 is 0 Å². The van der Waals surface area contributed by atoms with Gasteiger partial charge in [0.1, 0.15) is 6.17 Å². The van der Waals surface area contributed by atoms with Gasteiger partial charge in [-0.2, -0.15) is 0 Å². The number of benzene rings is 1. The molecule has 23 heavy (non-hydrogen) atoms. The summed E-state index contributed by atoms with van der Waals surface area (Å²) in [5.74, 6) is 0. The molecule has 0 aliphatic heterocycles. The van der Waals surface area contributed by atoms with E-state index in [-0.39, 0.29) is 5.56 Å². The summed E-state index contributed by atoms with van der Waals surface area (Å²) in [5, 5.41) is 0. The molecule has 0 amide bonds. The minimum Gasteiger partial charge on any atom is -0.380 e. The molecule has 1 atom stereocenters. The van der Waals surface area contributed by atoms with Crippen LogP contribution in [0.4, 0.5) is 4.39 Å². The first-order valence-corrected chi connectivity index (χ1v) is 8.14. The summed E-state index contributed by atoms with van der Waals surface area (Å²) < 4.78 is 20.0. The Bertz CT molecular complexity index is 633. The van der Waals surface area contributed by atoms with Crippen LogP contribution in [0, 0.1) is 0 Å². The lowest BCUT2D eigenvalue weighted by Crippen LogP contribution is -2.21. The maximum Gasteiger partial charge on any atom is 0.251 e. The number of nitrogens with zero attached hydrogens (tertiary/aromatic N) is 1. The SMILES string of the molecule is CC.CCOCCn1ccc(-c2ccc(C(C)F)cc2)cc1=O. The summed E-state index contributed by atoms with van der Waals surface area (Å²) in [6, 6.07) is 10.7. The van der Waals surface area contributed by atoms with Gasteiger partial charge in [-0.25, -0.2) is 4.39 Å². The lowest BCUT2D eigenvalue weighted by atomic mass is 10.0. The molecule has 1 heterocycles. The van der Waals surface area contributed by atoms with Gasteiger partial charge in [0.15, 0.2) is 0 Å². The molecule has 0 radical (unpaired) electrons. The molecule has 0 aliphatic carbocycles. The van der Waals surface area contributed by atoms with E-state index in [1.165, 1.54) is 6.92 Å². The standard InChI is InChI=1S/C17H20FNO2.C2H6/c1-3-21-11-10-19-9-8-16(12-17(19)20)15-6-4-14(5-7-15)13(2)18;1-2/h4-9,12-13H,3,10-11H2,1-2H3;1-2H3. The van der Waals surface area contributed by atoms with Crippen molar-refractivity contribution in [1.29, 1.82) is 0 Å². The molecule has 0 bridgehead atoms. The second-order valence-electron chi connectivity index (χ2n) is 4.88. The second kappa shape index (κ2) is 9.95. The first kappa shape index (κ1) is 19.1. The first-order chi connectivity index (χ1) is 11.1. The molecule has 1 aromatic heterocycles. The zero-order chi connectivity index (χ0) is 17.2. The van der Waals surface area contributed by atoms with Crippen LogP contribution < -0.4 is 5.56 Å².